The van der Waals surface area contributed by atoms with Gasteiger partial charge in [0, 0.05) is 18.5 Å². The summed E-state index contributed by atoms with van der Waals surface area (Å²) < 4.78 is 10.7. The molecule has 0 radical (unpaired) electrons. The summed E-state index contributed by atoms with van der Waals surface area (Å²) in [5.41, 5.74) is 1.91. The van der Waals surface area contributed by atoms with Crippen molar-refractivity contribution in [2.75, 3.05) is 46.5 Å². The third-order valence-corrected chi connectivity index (χ3v) is 6.57. The highest BCUT2D eigenvalue weighted by Gasteiger charge is 2.46. The van der Waals surface area contributed by atoms with E-state index in [9.17, 15) is 19.8 Å². The van der Waals surface area contributed by atoms with Gasteiger partial charge >= 0.3 is 0 Å². The molecule has 0 bridgehead atoms. The van der Waals surface area contributed by atoms with Crippen molar-refractivity contribution in [3.63, 3.8) is 0 Å². The number of aromatic hydroxyl groups is 1. The van der Waals surface area contributed by atoms with E-state index in [2.05, 4.69) is 0 Å². The molecule has 4 rings (SSSR count). The quantitative estimate of drug-likeness (QED) is 0.324. The third kappa shape index (κ3) is 4.78. The first-order valence-electron chi connectivity index (χ1n) is 11.5. The molecule has 0 aliphatic carbocycles. The van der Waals surface area contributed by atoms with Gasteiger partial charge in [-0.05, 0) is 48.4 Å². The number of aryl methyl sites for hydroxylation is 1. The van der Waals surface area contributed by atoms with E-state index in [1.807, 2.05) is 6.92 Å². The maximum atomic E-state index is 13.2. The van der Waals surface area contributed by atoms with Crippen molar-refractivity contribution in [2.45, 2.75) is 19.4 Å². The average Bonchev–Trinajstić information content (AvgIpc) is 3.09. The molecule has 1 unspecified atom stereocenters. The van der Waals surface area contributed by atoms with Crippen LogP contribution >= 0.6 is 0 Å². The Morgan fingerprint density at radius 2 is 1.85 bits per heavy atom. The number of amides is 1. The molecule has 180 valence electrons. The number of hydrogen-bond donors (Lipinski definition) is 3. The Morgan fingerprint density at radius 3 is 2.50 bits per heavy atom. The Morgan fingerprint density at radius 1 is 1.15 bits per heavy atom. The zero-order chi connectivity index (χ0) is 24.2. The number of aliphatic hydroxyl groups excluding tert-OH is 1. The molecule has 2 aliphatic heterocycles. The lowest BCUT2D eigenvalue weighted by Crippen LogP contribution is -3.14. The maximum Gasteiger partial charge on any atom is 0.295 e. The van der Waals surface area contributed by atoms with Crippen LogP contribution in [0.3, 0.4) is 0 Å². The minimum absolute atomic E-state index is 0.0580. The van der Waals surface area contributed by atoms with Crippen molar-refractivity contribution in [3.8, 4) is 11.5 Å². The first-order chi connectivity index (χ1) is 16.4. The van der Waals surface area contributed by atoms with Gasteiger partial charge < -0.3 is 29.5 Å². The van der Waals surface area contributed by atoms with E-state index >= 15 is 0 Å². The van der Waals surface area contributed by atoms with Crippen LogP contribution in [0.15, 0.2) is 48.0 Å². The third-order valence-electron chi connectivity index (χ3n) is 6.57. The normalized spacial score (nSPS) is 20.6. The average molecular weight is 468 g/mol. The Labute approximate surface area is 199 Å². The summed E-state index contributed by atoms with van der Waals surface area (Å²) in [5.74, 6) is -0.817. The fraction of sp³-hybridized carbons (Fsp3) is 0.385. The van der Waals surface area contributed by atoms with Crippen LogP contribution in [0.25, 0.3) is 5.76 Å². The number of carbonyl (C=O) groups is 2. The largest absolute Gasteiger partial charge is 0.508 e. The van der Waals surface area contributed by atoms with Crippen molar-refractivity contribution in [3.05, 3.63) is 64.7 Å². The lowest BCUT2D eigenvalue weighted by Gasteiger charge is -2.27. The first-order valence-corrected chi connectivity index (χ1v) is 11.5. The molecular weight excluding hydrogens is 436 g/mol. The number of phenolic OH excluding ortho intramolecular Hbond substituents is 1. The molecule has 2 aromatic carbocycles. The second-order valence-electron chi connectivity index (χ2n) is 8.73. The van der Waals surface area contributed by atoms with Crippen LogP contribution in [0.2, 0.25) is 0 Å². The smallest absolute Gasteiger partial charge is 0.295 e. The second kappa shape index (κ2) is 10.3. The van der Waals surface area contributed by atoms with E-state index in [1.54, 1.807) is 42.3 Å². The van der Waals surface area contributed by atoms with Gasteiger partial charge in [0.1, 0.15) is 30.3 Å². The summed E-state index contributed by atoms with van der Waals surface area (Å²) in [6, 6.07) is 10.8. The molecule has 2 heterocycles. The highest BCUT2D eigenvalue weighted by Crippen LogP contribution is 2.40. The van der Waals surface area contributed by atoms with Crippen molar-refractivity contribution < 1.29 is 34.2 Å². The van der Waals surface area contributed by atoms with Gasteiger partial charge in [-0.25, -0.2) is 0 Å². The van der Waals surface area contributed by atoms with Crippen LogP contribution in [-0.2, 0) is 14.3 Å². The molecule has 34 heavy (non-hydrogen) atoms. The molecule has 1 atom stereocenters. The predicted molar refractivity (Wildman–Crippen MR) is 126 cm³/mol. The van der Waals surface area contributed by atoms with Crippen molar-refractivity contribution in [1.82, 2.24) is 4.90 Å². The van der Waals surface area contributed by atoms with E-state index in [0.717, 1.165) is 44.8 Å². The molecule has 2 fully saturated rings. The summed E-state index contributed by atoms with van der Waals surface area (Å²) in [5, 5.41) is 21.0. The van der Waals surface area contributed by atoms with Crippen LogP contribution in [-0.4, -0.2) is 73.3 Å². The molecule has 0 saturated carbocycles. The summed E-state index contributed by atoms with van der Waals surface area (Å²) >= 11 is 0. The van der Waals surface area contributed by atoms with Crippen LogP contribution in [0.5, 0.6) is 11.5 Å². The summed E-state index contributed by atoms with van der Waals surface area (Å²) in [4.78, 5) is 29.2. The summed E-state index contributed by atoms with van der Waals surface area (Å²) in [7, 11) is 1.56. The van der Waals surface area contributed by atoms with Crippen LogP contribution in [0.4, 0.5) is 0 Å². The van der Waals surface area contributed by atoms with Crippen LogP contribution in [0.1, 0.15) is 29.2 Å². The molecule has 3 N–H and O–H groups in total. The van der Waals surface area contributed by atoms with Gasteiger partial charge in [-0.3, -0.25) is 9.59 Å². The topological polar surface area (TPSA) is 101 Å². The SMILES string of the molecule is COc1ccc(C(O)=C2C(=O)C(=O)N(CCC[NH+]3CCOCC3)C2c2ccc(O)cc2)c(C)c1. The standard InChI is InChI=1S/C26H30N2O6/c1-17-16-20(33-2)8-9-21(17)24(30)22-23(18-4-6-19(29)7-5-18)28(26(32)25(22)31)11-3-10-27-12-14-34-15-13-27/h4-9,16,23,29-30H,3,10-15H2,1-2H3/p+1. The zero-order valence-electron chi connectivity index (χ0n) is 19.5. The number of benzene rings is 2. The number of quaternary nitrogens is 1. The number of Topliss-reactive ketones (excluding diaryl/α,β-unsaturated/α-hetero) is 1. The molecular formula is C26H31N2O6+. The molecule has 0 spiro atoms. The monoisotopic (exact) mass is 467 g/mol. The molecule has 0 aromatic heterocycles. The van der Waals surface area contributed by atoms with Gasteiger partial charge in [-0.2, -0.15) is 0 Å². The Bertz CT molecular complexity index is 1090. The number of methoxy groups -OCH3 is 1. The number of aliphatic hydroxyl groups is 1. The number of ketones is 1. The molecule has 8 heteroatoms. The van der Waals surface area contributed by atoms with E-state index in [1.165, 1.54) is 17.0 Å². The predicted octanol–water partition coefficient (Wildman–Crippen LogP) is 1.44. The van der Waals surface area contributed by atoms with Crippen LogP contribution < -0.4 is 9.64 Å². The highest BCUT2D eigenvalue weighted by molar-refractivity contribution is 6.46. The Balaban J connectivity index is 1.69. The van der Waals surface area contributed by atoms with E-state index in [4.69, 9.17) is 9.47 Å². The number of likely N-dealkylation sites (tertiary alicyclic amines) is 1. The lowest BCUT2D eigenvalue weighted by molar-refractivity contribution is -0.908. The molecule has 2 aliphatic rings. The van der Waals surface area contributed by atoms with Gasteiger partial charge in [0.25, 0.3) is 11.7 Å². The number of nitrogens with zero attached hydrogens (tertiary/aromatic N) is 1. The van der Waals surface area contributed by atoms with E-state index in [-0.39, 0.29) is 17.1 Å². The minimum atomic E-state index is -0.734. The van der Waals surface area contributed by atoms with Gasteiger partial charge in [-0.15, -0.1) is 0 Å². The lowest BCUT2D eigenvalue weighted by atomic mass is 9.93. The van der Waals surface area contributed by atoms with E-state index in [0.29, 0.717) is 23.4 Å². The van der Waals surface area contributed by atoms with Gasteiger partial charge in [-0.1, -0.05) is 12.1 Å². The second-order valence-corrected chi connectivity index (χ2v) is 8.73. The molecule has 2 aromatic rings. The summed E-state index contributed by atoms with van der Waals surface area (Å²) in [6.07, 6.45) is 0.721. The van der Waals surface area contributed by atoms with E-state index < -0.39 is 17.7 Å². The molecule has 8 nitrogen and oxygen atoms in total. The number of rotatable bonds is 7. The minimum Gasteiger partial charge on any atom is -0.508 e. The molecule has 2 saturated heterocycles. The number of carbonyl (C=O) groups excluding carboxylic acids is 2. The molecule has 1 amide bonds. The van der Waals surface area contributed by atoms with Crippen molar-refractivity contribution in [1.29, 1.82) is 0 Å². The Hall–Kier alpha value is -3.36. The zero-order valence-corrected chi connectivity index (χ0v) is 19.5. The maximum absolute atomic E-state index is 13.2. The number of nitrogens with one attached hydrogen (secondary N) is 1. The first kappa shape index (κ1) is 23.8. The van der Waals surface area contributed by atoms with Crippen molar-refractivity contribution in [2.24, 2.45) is 0 Å². The van der Waals surface area contributed by atoms with Gasteiger partial charge in [0.05, 0.1) is 38.5 Å². The number of phenols is 1. The number of morpholine rings is 1. The number of ether oxygens (including phenoxy) is 2. The van der Waals surface area contributed by atoms with Crippen molar-refractivity contribution >= 4 is 17.4 Å². The fourth-order valence-electron chi connectivity index (χ4n) is 4.70. The number of hydrogen-bond acceptors (Lipinski definition) is 6. The summed E-state index contributed by atoms with van der Waals surface area (Å²) in [6.45, 7) is 6.39. The fourth-order valence-corrected chi connectivity index (χ4v) is 4.70. The van der Waals surface area contributed by atoms with Gasteiger partial charge in [0.15, 0.2) is 0 Å². The van der Waals surface area contributed by atoms with Gasteiger partial charge in [0.2, 0.25) is 0 Å². The Kier molecular flexibility index (Phi) is 7.19. The highest BCUT2D eigenvalue weighted by atomic mass is 16.5. The van der Waals surface area contributed by atoms with Crippen LogP contribution in [0, 0.1) is 6.92 Å².